The SMILES string of the molecule is Cc1ccccc1COc1ccc(NCCCN)cc1. The van der Waals surface area contributed by atoms with Gasteiger partial charge in [0.25, 0.3) is 0 Å². The molecular weight excluding hydrogens is 248 g/mol. The number of nitrogens with one attached hydrogen (secondary N) is 1. The fourth-order valence-corrected chi connectivity index (χ4v) is 1.94. The van der Waals surface area contributed by atoms with Crippen LogP contribution in [-0.4, -0.2) is 13.1 Å². The van der Waals surface area contributed by atoms with E-state index in [1.807, 2.05) is 36.4 Å². The minimum Gasteiger partial charge on any atom is -0.489 e. The Morgan fingerprint density at radius 2 is 1.80 bits per heavy atom. The molecule has 3 heteroatoms. The van der Waals surface area contributed by atoms with Crippen molar-refractivity contribution in [2.45, 2.75) is 20.0 Å². The minimum absolute atomic E-state index is 0.604. The van der Waals surface area contributed by atoms with Gasteiger partial charge in [0, 0.05) is 12.2 Å². The van der Waals surface area contributed by atoms with Gasteiger partial charge in [-0.2, -0.15) is 0 Å². The van der Waals surface area contributed by atoms with E-state index in [2.05, 4.69) is 24.4 Å². The molecule has 0 bridgehead atoms. The second-order valence-electron chi connectivity index (χ2n) is 4.81. The summed E-state index contributed by atoms with van der Waals surface area (Å²) in [6.45, 7) is 4.32. The predicted molar refractivity (Wildman–Crippen MR) is 84.1 cm³/mol. The Hall–Kier alpha value is -2.00. The third-order valence-corrected chi connectivity index (χ3v) is 3.22. The van der Waals surface area contributed by atoms with Gasteiger partial charge in [0.2, 0.25) is 0 Å². The van der Waals surface area contributed by atoms with Crippen LogP contribution in [0.2, 0.25) is 0 Å². The molecule has 0 spiro atoms. The molecular formula is C17H22N2O. The zero-order valence-corrected chi connectivity index (χ0v) is 11.9. The molecule has 0 amide bonds. The maximum atomic E-state index is 5.81. The molecule has 0 atom stereocenters. The highest BCUT2D eigenvalue weighted by Gasteiger charge is 1.99. The van der Waals surface area contributed by atoms with Crippen LogP contribution >= 0.6 is 0 Å². The van der Waals surface area contributed by atoms with Crippen LogP contribution in [0, 0.1) is 6.92 Å². The molecule has 0 aromatic heterocycles. The lowest BCUT2D eigenvalue weighted by Crippen LogP contribution is -2.08. The van der Waals surface area contributed by atoms with E-state index < -0.39 is 0 Å². The van der Waals surface area contributed by atoms with Gasteiger partial charge in [-0.1, -0.05) is 24.3 Å². The molecule has 3 N–H and O–H groups in total. The van der Waals surface area contributed by atoms with Gasteiger partial charge in [-0.05, 0) is 55.3 Å². The normalized spacial score (nSPS) is 10.3. The molecule has 0 unspecified atom stereocenters. The Balaban J connectivity index is 1.86. The topological polar surface area (TPSA) is 47.3 Å². The van der Waals surface area contributed by atoms with Gasteiger partial charge in [0.1, 0.15) is 12.4 Å². The maximum absolute atomic E-state index is 5.81. The number of aryl methyl sites for hydroxylation is 1. The molecule has 106 valence electrons. The van der Waals surface area contributed by atoms with Gasteiger partial charge < -0.3 is 15.8 Å². The fraction of sp³-hybridized carbons (Fsp3) is 0.294. The standard InChI is InChI=1S/C17H22N2O/c1-14-5-2-3-6-15(14)13-20-17-9-7-16(8-10-17)19-12-4-11-18/h2-3,5-10,19H,4,11-13,18H2,1H3. The van der Waals surface area contributed by atoms with Gasteiger partial charge in [-0.15, -0.1) is 0 Å². The van der Waals surface area contributed by atoms with Crippen LogP contribution < -0.4 is 15.8 Å². The van der Waals surface area contributed by atoms with E-state index in [4.69, 9.17) is 10.5 Å². The molecule has 20 heavy (non-hydrogen) atoms. The first-order valence-corrected chi connectivity index (χ1v) is 7.01. The zero-order valence-electron chi connectivity index (χ0n) is 11.9. The molecule has 3 nitrogen and oxygen atoms in total. The first-order valence-electron chi connectivity index (χ1n) is 7.01. The van der Waals surface area contributed by atoms with E-state index in [9.17, 15) is 0 Å². The van der Waals surface area contributed by atoms with E-state index >= 15 is 0 Å². The Bertz CT molecular complexity index is 523. The number of benzene rings is 2. The molecule has 0 aliphatic heterocycles. The lowest BCUT2D eigenvalue weighted by Gasteiger charge is -2.10. The lowest BCUT2D eigenvalue weighted by atomic mass is 10.1. The van der Waals surface area contributed by atoms with E-state index in [0.29, 0.717) is 13.2 Å². The molecule has 0 fully saturated rings. The van der Waals surface area contributed by atoms with Crippen molar-refractivity contribution in [2.24, 2.45) is 5.73 Å². The van der Waals surface area contributed by atoms with Crippen LogP contribution in [0.3, 0.4) is 0 Å². The molecule has 2 aromatic rings. The zero-order chi connectivity index (χ0) is 14.2. The smallest absolute Gasteiger partial charge is 0.119 e. The van der Waals surface area contributed by atoms with Gasteiger partial charge in [-0.25, -0.2) is 0 Å². The number of hydrogen-bond acceptors (Lipinski definition) is 3. The van der Waals surface area contributed by atoms with Crippen molar-refractivity contribution >= 4 is 5.69 Å². The molecule has 0 saturated carbocycles. The van der Waals surface area contributed by atoms with E-state index in [1.165, 1.54) is 11.1 Å². The number of hydrogen-bond donors (Lipinski definition) is 2. The summed E-state index contributed by atoms with van der Waals surface area (Å²) in [5, 5.41) is 3.32. The van der Waals surface area contributed by atoms with Crippen LogP contribution in [0.25, 0.3) is 0 Å². The van der Waals surface area contributed by atoms with Crippen LogP contribution in [0.5, 0.6) is 5.75 Å². The van der Waals surface area contributed by atoms with Crippen molar-refractivity contribution in [3.63, 3.8) is 0 Å². The first-order chi connectivity index (χ1) is 9.79. The summed E-state index contributed by atoms with van der Waals surface area (Å²) in [4.78, 5) is 0. The van der Waals surface area contributed by atoms with Crippen LogP contribution in [0.15, 0.2) is 48.5 Å². The average Bonchev–Trinajstić information content (AvgIpc) is 2.48. The van der Waals surface area contributed by atoms with Crippen molar-refractivity contribution in [2.75, 3.05) is 18.4 Å². The van der Waals surface area contributed by atoms with Crippen molar-refractivity contribution in [3.05, 3.63) is 59.7 Å². The van der Waals surface area contributed by atoms with Crippen LogP contribution in [-0.2, 0) is 6.61 Å². The molecule has 0 heterocycles. The number of rotatable bonds is 7. The molecule has 2 rings (SSSR count). The summed E-state index contributed by atoms with van der Waals surface area (Å²) in [5.74, 6) is 0.887. The van der Waals surface area contributed by atoms with Crippen molar-refractivity contribution in [3.8, 4) is 5.75 Å². The second kappa shape index (κ2) is 7.56. The first kappa shape index (κ1) is 14.4. The molecule has 0 aliphatic carbocycles. The Kier molecular flexibility index (Phi) is 5.44. The summed E-state index contributed by atoms with van der Waals surface area (Å²) in [6.07, 6.45) is 0.978. The second-order valence-corrected chi connectivity index (χ2v) is 4.81. The van der Waals surface area contributed by atoms with Gasteiger partial charge >= 0.3 is 0 Å². The number of nitrogens with two attached hydrogens (primary N) is 1. The predicted octanol–water partition coefficient (Wildman–Crippen LogP) is 3.33. The van der Waals surface area contributed by atoms with Gasteiger partial charge in [0.05, 0.1) is 0 Å². The van der Waals surface area contributed by atoms with E-state index in [1.54, 1.807) is 0 Å². The quantitative estimate of drug-likeness (QED) is 0.759. The van der Waals surface area contributed by atoms with Crippen LogP contribution in [0.4, 0.5) is 5.69 Å². The summed E-state index contributed by atoms with van der Waals surface area (Å²) >= 11 is 0. The summed E-state index contributed by atoms with van der Waals surface area (Å²) in [5.41, 5.74) is 9.04. The van der Waals surface area contributed by atoms with Crippen LogP contribution in [0.1, 0.15) is 17.5 Å². The summed E-state index contributed by atoms with van der Waals surface area (Å²) in [6, 6.07) is 16.3. The number of anilines is 1. The van der Waals surface area contributed by atoms with E-state index in [-0.39, 0.29) is 0 Å². The number of ether oxygens (including phenoxy) is 1. The van der Waals surface area contributed by atoms with E-state index in [0.717, 1.165) is 24.4 Å². The third kappa shape index (κ3) is 4.28. The van der Waals surface area contributed by atoms with Crippen molar-refractivity contribution in [1.82, 2.24) is 0 Å². The molecule has 2 aromatic carbocycles. The molecule has 0 aliphatic rings. The Morgan fingerprint density at radius 1 is 1.05 bits per heavy atom. The molecule has 0 radical (unpaired) electrons. The third-order valence-electron chi connectivity index (χ3n) is 3.22. The highest BCUT2D eigenvalue weighted by Crippen LogP contribution is 2.18. The van der Waals surface area contributed by atoms with Crippen molar-refractivity contribution < 1.29 is 4.74 Å². The average molecular weight is 270 g/mol. The van der Waals surface area contributed by atoms with Gasteiger partial charge in [-0.3, -0.25) is 0 Å². The fourth-order valence-electron chi connectivity index (χ4n) is 1.94. The molecule has 0 saturated heterocycles. The summed E-state index contributed by atoms with van der Waals surface area (Å²) < 4.78 is 5.81. The monoisotopic (exact) mass is 270 g/mol. The lowest BCUT2D eigenvalue weighted by molar-refractivity contribution is 0.305. The summed E-state index contributed by atoms with van der Waals surface area (Å²) in [7, 11) is 0. The highest BCUT2D eigenvalue weighted by atomic mass is 16.5. The van der Waals surface area contributed by atoms with Gasteiger partial charge in [0.15, 0.2) is 0 Å². The Morgan fingerprint density at radius 3 is 2.50 bits per heavy atom. The largest absolute Gasteiger partial charge is 0.489 e. The minimum atomic E-state index is 0.604. The van der Waals surface area contributed by atoms with Crippen molar-refractivity contribution in [1.29, 1.82) is 0 Å². The maximum Gasteiger partial charge on any atom is 0.119 e. The Labute approximate surface area is 120 Å². The highest BCUT2D eigenvalue weighted by molar-refractivity contribution is 5.46.